The Balaban J connectivity index is 3.37. The first-order chi connectivity index (χ1) is 6.32. The van der Waals surface area contributed by atoms with Crippen molar-refractivity contribution in [3.63, 3.8) is 0 Å². The van der Waals surface area contributed by atoms with Gasteiger partial charge in [0.15, 0.2) is 0 Å². The second-order valence-corrected chi connectivity index (χ2v) is 5.16. The summed E-state index contributed by atoms with van der Waals surface area (Å²) in [6, 6.07) is 5.36. The number of carbonyl (C=O) groups is 1. The summed E-state index contributed by atoms with van der Waals surface area (Å²) in [7, 11) is 0. The molecule has 0 heterocycles. The summed E-state index contributed by atoms with van der Waals surface area (Å²) in [6.07, 6.45) is 0. The van der Waals surface area contributed by atoms with Crippen LogP contribution in [0.5, 0.6) is 0 Å². The molecule has 0 saturated heterocycles. The van der Waals surface area contributed by atoms with Crippen LogP contribution in [0.25, 0.3) is 0 Å². The van der Waals surface area contributed by atoms with Crippen molar-refractivity contribution in [1.82, 2.24) is 0 Å². The maximum atomic E-state index is 11.0. The average Bonchev–Trinajstić information content (AvgIpc) is 2.01. The van der Waals surface area contributed by atoms with Crippen molar-refractivity contribution in [3.8, 4) is 0 Å². The van der Waals surface area contributed by atoms with Gasteiger partial charge in [-0.1, -0.05) is 42.8 Å². The second-order valence-electron chi connectivity index (χ2n) is 4.25. The molecule has 0 aliphatic rings. The number of rotatable bonds is 1. The average molecular weight is 257 g/mol. The van der Waals surface area contributed by atoms with Crippen LogP contribution in [0.15, 0.2) is 22.7 Å². The predicted molar refractivity (Wildman–Crippen MR) is 59.8 cm³/mol. The third-order valence-electron chi connectivity index (χ3n) is 2.02. The Morgan fingerprint density at radius 3 is 2.36 bits per heavy atom. The fourth-order valence-corrected chi connectivity index (χ4v) is 1.71. The summed E-state index contributed by atoms with van der Waals surface area (Å²) in [5.74, 6) is -0.878. The minimum absolute atomic E-state index is 0.144. The van der Waals surface area contributed by atoms with Gasteiger partial charge in [0.05, 0.1) is 5.56 Å². The molecule has 1 aromatic rings. The first kappa shape index (κ1) is 11.2. The standard InChI is InChI=1S/C11H13BrO2/c1-11(2,3)9-5-4-7(12)6-8(9)10(13)14/h4-6H,1-3H3,(H,13,14). The summed E-state index contributed by atoms with van der Waals surface area (Å²) in [5, 5.41) is 9.03. The molecule has 0 atom stereocenters. The molecule has 0 aliphatic carbocycles. The van der Waals surface area contributed by atoms with Gasteiger partial charge in [-0.05, 0) is 23.1 Å². The summed E-state index contributed by atoms with van der Waals surface area (Å²) in [5.41, 5.74) is 1.08. The highest BCUT2D eigenvalue weighted by Crippen LogP contribution is 2.28. The second kappa shape index (κ2) is 3.73. The Kier molecular flexibility index (Phi) is 3.00. The Labute approximate surface area is 92.1 Å². The maximum absolute atomic E-state index is 11.0. The van der Waals surface area contributed by atoms with E-state index in [0.29, 0.717) is 5.56 Å². The van der Waals surface area contributed by atoms with Gasteiger partial charge in [0, 0.05) is 4.47 Å². The van der Waals surface area contributed by atoms with Gasteiger partial charge in [-0.15, -0.1) is 0 Å². The number of hydrogen-bond acceptors (Lipinski definition) is 1. The highest BCUT2D eigenvalue weighted by molar-refractivity contribution is 9.10. The van der Waals surface area contributed by atoms with E-state index in [9.17, 15) is 4.79 Å². The number of carboxylic acid groups (broad SMARTS) is 1. The molecule has 0 amide bonds. The van der Waals surface area contributed by atoms with Crippen LogP contribution in [0.2, 0.25) is 0 Å². The number of benzene rings is 1. The van der Waals surface area contributed by atoms with Crippen molar-refractivity contribution >= 4 is 21.9 Å². The number of aromatic carboxylic acids is 1. The summed E-state index contributed by atoms with van der Waals surface area (Å²) < 4.78 is 0.794. The summed E-state index contributed by atoms with van der Waals surface area (Å²) in [6.45, 7) is 6.01. The third-order valence-corrected chi connectivity index (χ3v) is 2.51. The van der Waals surface area contributed by atoms with Crippen LogP contribution in [0.4, 0.5) is 0 Å². The minimum Gasteiger partial charge on any atom is -0.478 e. The molecule has 0 spiro atoms. The highest BCUT2D eigenvalue weighted by Gasteiger charge is 2.21. The van der Waals surface area contributed by atoms with Crippen molar-refractivity contribution in [3.05, 3.63) is 33.8 Å². The lowest BCUT2D eigenvalue weighted by Crippen LogP contribution is -2.16. The van der Waals surface area contributed by atoms with Crippen molar-refractivity contribution in [1.29, 1.82) is 0 Å². The van der Waals surface area contributed by atoms with Crippen LogP contribution in [0.3, 0.4) is 0 Å². The molecule has 1 rings (SSSR count). The van der Waals surface area contributed by atoms with Crippen LogP contribution in [0, 0.1) is 0 Å². The first-order valence-electron chi connectivity index (χ1n) is 4.35. The normalized spacial score (nSPS) is 11.4. The van der Waals surface area contributed by atoms with E-state index in [4.69, 9.17) is 5.11 Å². The van der Waals surface area contributed by atoms with Gasteiger partial charge >= 0.3 is 5.97 Å². The monoisotopic (exact) mass is 256 g/mol. The molecule has 0 unspecified atom stereocenters. The van der Waals surface area contributed by atoms with Crippen molar-refractivity contribution in [2.24, 2.45) is 0 Å². The number of hydrogen-bond donors (Lipinski definition) is 1. The van der Waals surface area contributed by atoms with Gasteiger partial charge in [-0.25, -0.2) is 4.79 Å². The minimum atomic E-state index is -0.878. The lowest BCUT2D eigenvalue weighted by Gasteiger charge is -2.21. The lowest BCUT2D eigenvalue weighted by molar-refractivity contribution is 0.0694. The molecule has 0 radical (unpaired) electrons. The maximum Gasteiger partial charge on any atom is 0.336 e. The van der Waals surface area contributed by atoms with Crippen molar-refractivity contribution in [2.45, 2.75) is 26.2 Å². The SMILES string of the molecule is CC(C)(C)c1ccc(Br)cc1C(=O)O. The molecule has 0 aliphatic heterocycles. The molecule has 3 heteroatoms. The van der Waals surface area contributed by atoms with Gasteiger partial charge in [0.1, 0.15) is 0 Å². The third kappa shape index (κ3) is 2.35. The van der Waals surface area contributed by atoms with Crippen molar-refractivity contribution in [2.75, 3.05) is 0 Å². The molecule has 0 aromatic heterocycles. The molecular weight excluding hydrogens is 244 g/mol. The zero-order valence-corrected chi connectivity index (χ0v) is 10.1. The molecule has 14 heavy (non-hydrogen) atoms. The molecule has 2 nitrogen and oxygen atoms in total. The quantitative estimate of drug-likeness (QED) is 0.836. The fraction of sp³-hybridized carbons (Fsp3) is 0.364. The van der Waals surface area contributed by atoms with E-state index >= 15 is 0 Å². The van der Waals surface area contributed by atoms with Crippen LogP contribution in [-0.4, -0.2) is 11.1 Å². The molecule has 0 saturated carbocycles. The van der Waals surface area contributed by atoms with Crippen LogP contribution < -0.4 is 0 Å². The first-order valence-corrected chi connectivity index (χ1v) is 5.15. The lowest BCUT2D eigenvalue weighted by atomic mass is 9.84. The molecule has 76 valence electrons. The zero-order valence-electron chi connectivity index (χ0n) is 8.47. The Hall–Kier alpha value is -0.830. The molecule has 0 bridgehead atoms. The highest BCUT2D eigenvalue weighted by atomic mass is 79.9. The van der Waals surface area contributed by atoms with E-state index in [1.165, 1.54) is 0 Å². The van der Waals surface area contributed by atoms with E-state index < -0.39 is 5.97 Å². The van der Waals surface area contributed by atoms with Gasteiger partial charge < -0.3 is 5.11 Å². The topological polar surface area (TPSA) is 37.3 Å². The molecular formula is C11H13BrO2. The van der Waals surface area contributed by atoms with Gasteiger partial charge in [-0.2, -0.15) is 0 Å². The largest absolute Gasteiger partial charge is 0.478 e. The molecule has 1 aromatic carbocycles. The Morgan fingerprint density at radius 2 is 1.93 bits per heavy atom. The predicted octanol–water partition coefficient (Wildman–Crippen LogP) is 3.44. The van der Waals surface area contributed by atoms with Crippen LogP contribution in [0.1, 0.15) is 36.7 Å². The zero-order chi connectivity index (χ0) is 10.9. The van der Waals surface area contributed by atoms with E-state index in [1.54, 1.807) is 6.07 Å². The number of carboxylic acids is 1. The smallest absolute Gasteiger partial charge is 0.336 e. The summed E-state index contributed by atoms with van der Waals surface area (Å²) in [4.78, 5) is 11.0. The molecule has 1 N–H and O–H groups in total. The van der Waals surface area contributed by atoms with Gasteiger partial charge in [0.25, 0.3) is 0 Å². The van der Waals surface area contributed by atoms with Gasteiger partial charge in [0.2, 0.25) is 0 Å². The van der Waals surface area contributed by atoms with Crippen LogP contribution in [-0.2, 0) is 5.41 Å². The number of halogens is 1. The van der Waals surface area contributed by atoms with Crippen LogP contribution >= 0.6 is 15.9 Å². The Morgan fingerprint density at radius 1 is 1.36 bits per heavy atom. The van der Waals surface area contributed by atoms with Crippen molar-refractivity contribution < 1.29 is 9.90 Å². The van der Waals surface area contributed by atoms with E-state index in [-0.39, 0.29) is 5.41 Å². The fourth-order valence-electron chi connectivity index (χ4n) is 1.35. The molecule has 0 fully saturated rings. The van der Waals surface area contributed by atoms with E-state index in [0.717, 1.165) is 10.0 Å². The van der Waals surface area contributed by atoms with Gasteiger partial charge in [-0.3, -0.25) is 0 Å². The van der Waals surface area contributed by atoms with E-state index in [1.807, 2.05) is 32.9 Å². The Bertz CT molecular complexity index is 364. The summed E-state index contributed by atoms with van der Waals surface area (Å²) >= 11 is 3.27. The van der Waals surface area contributed by atoms with E-state index in [2.05, 4.69) is 15.9 Å².